The summed E-state index contributed by atoms with van der Waals surface area (Å²) in [6.07, 6.45) is 7.34. The van der Waals surface area contributed by atoms with E-state index in [0.29, 0.717) is 11.2 Å². The van der Waals surface area contributed by atoms with Gasteiger partial charge in [-0.15, -0.1) is 0 Å². The molecule has 2 heterocycles. The first-order valence-electron chi connectivity index (χ1n) is 5.61. The number of hydrogen-bond acceptors (Lipinski definition) is 5. The van der Waals surface area contributed by atoms with Crippen molar-refractivity contribution in [2.45, 2.75) is 18.4 Å². The first kappa shape index (κ1) is 13.7. The number of imidazole rings is 1. The third-order valence-corrected chi connectivity index (χ3v) is 3.56. The Kier molecular flexibility index (Phi) is 3.44. The van der Waals surface area contributed by atoms with Gasteiger partial charge in [0.25, 0.3) is 0 Å². The fourth-order valence-corrected chi connectivity index (χ4v) is 2.56. The molecule has 0 saturated carbocycles. The first-order chi connectivity index (χ1) is 8.66. The molecule has 102 valence electrons. The van der Waals surface area contributed by atoms with Gasteiger partial charge in [-0.05, 0) is 12.8 Å². The Balaban J connectivity index is 0.00000133. The minimum Gasteiger partial charge on any atom is -0.412 e. The van der Waals surface area contributed by atoms with Crippen LogP contribution in [0.2, 0.25) is 5.15 Å². The molecule has 0 bridgehead atoms. The fourth-order valence-electron chi connectivity index (χ4n) is 2.34. The standard InChI is InChI=1S/C11H12ClN5O.H2O/c12-8-7-9(16-10(13)15-8)17(6-14-7)11(5-18)3-1-2-4-11;/h1,3,6,18H,2,4-5H2,(H2,13,15,16);1H2. The number of fused-ring (bicyclic) bond motifs is 1. The molecule has 8 heteroatoms. The van der Waals surface area contributed by atoms with Gasteiger partial charge < -0.3 is 20.9 Å². The van der Waals surface area contributed by atoms with E-state index in [0.717, 1.165) is 12.8 Å². The maximum atomic E-state index is 9.68. The second kappa shape index (κ2) is 4.76. The molecule has 5 N–H and O–H groups in total. The Hall–Kier alpha value is -1.70. The molecule has 0 radical (unpaired) electrons. The molecule has 2 aromatic heterocycles. The van der Waals surface area contributed by atoms with Crippen LogP contribution in [0.1, 0.15) is 12.8 Å². The van der Waals surface area contributed by atoms with E-state index in [4.69, 9.17) is 17.3 Å². The number of nitrogens with zero attached hydrogens (tertiary/aromatic N) is 4. The second-order valence-electron chi connectivity index (χ2n) is 4.36. The highest BCUT2D eigenvalue weighted by Gasteiger charge is 2.33. The molecule has 7 nitrogen and oxygen atoms in total. The van der Waals surface area contributed by atoms with Crippen molar-refractivity contribution in [3.05, 3.63) is 23.6 Å². The average Bonchev–Trinajstić information content (AvgIpc) is 2.95. The lowest BCUT2D eigenvalue weighted by Crippen LogP contribution is -2.33. The van der Waals surface area contributed by atoms with Crippen LogP contribution in [0.3, 0.4) is 0 Å². The number of aromatic nitrogens is 4. The van der Waals surface area contributed by atoms with Gasteiger partial charge in [0.2, 0.25) is 5.95 Å². The Morgan fingerprint density at radius 1 is 1.47 bits per heavy atom. The first-order valence-corrected chi connectivity index (χ1v) is 5.99. The average molecular weight is 284 g/mol. The van der Waals surface area contributed by atoms with Crippen LogP contribution in [0.4, 0.5) is 5.95 Å². The Morgan fingerprint density at radius 3 is 2.89 bits per heavy atom. The van der Waals surface area contributed by atoms with Gasteiger partial charge in [-0.1, -0.05) is 23.8 Å². The lowest BCUT2D eigenvalue weighted by atomic mass is 10.0. The predicted octanol–water partition coefficient (Wildman–Crippen LogP) is 0.275. The fraction of sp³-hybridized carbons (Fsp3) is 0.364. The van der Waals surface area contributed by atoms with E-state index in [1.165, 1.54) is 0 Å². The van der Waals surface area contributed by atoms with Crippen molar-refractivity contribution >= 4 is 28.7 Å². The van der Waals surface area contributed by atoms with E-state index in [-0.39, 0.29) is 23.2 Å². The lowest BCUT2D eigenvalue weighted by molar-refractivity contribution is 0.174. The summed E-state index contributed by atoms with van der Waals surface area (Å²) in [6, 6.07) is 0. The maximum absolute atomic E-state index is 9.68. The molecule has 0 aromatic carbocycles. The maximum Gasteiger partial charge on any atom is 0.223 e. The van der Waals surface area contributed by atoms with Gasteiger partial charge in [0.15, 0.2) is 10.8 Å². The molecule has 3 rings (SSSR count). The Morgan fingerprint density at radius 2 is 2.26 bits per heavy atom. The van der Waals surface area contributed by atoms with E-state index >= 15 is 0 Å². The van der Waals surface area contributed by atoms with Gasteiger partial charge in [0, 0.05) is 0 Å². The van der Waals surface area contributed by atoms with E-state index in [1.807, 2.05) is 16.7 Å². The van der Waals surface area contributed by atoms with Crippen LogP contribution in [-0.2, 0) is 5.54 Å². The Bertz CT molecular complexity index is 641. The van der Waals surface area contributed by atoms with Crippen molar-refractivity contribution in [1.29, 1.82) is 0 Å². The largest absolute Gasteiger partial charge is 0.412 e. The summed E-state index contributed by atoms with van der Waals surface area (Å²) in [7, 11) is 0. The van der Waals surface area contributed by atoms with Crippen LogP contribution < -0.4 is 5.73 Å². The molecule has 1 aliphatic carbocycles. The smallest absolute Gasteiger partial charge is 0.223 e. The van der Waals surface area contributed by atoms with Crippen molar-refractivity contribution in [2.75, 3.05) is 12.3 Å². The number of nitrogen functional groups attached to an aromatic ring is 1. The highest BCUT2D eigenvalue weighted by atomic mass is 35.5. The van der Waals surface area contributed by atoms with Crippen LogP contribution in [0.25, 0.3) is 11.2 Å². The van der Waals surface area contributed by atoms with Gasteiger partial charge in [-0.3, -0.25) is 0 Å². The summed E-state index contributed by atoms with van der Waals surface area (Å²) >= 11 is 5.98. The molecular weight excluding hydrogens is 270 g/mol. The molecule has 1 atom stereocenters. The zero-order valence-corrected chi connectivity index (χ0v) is 10.8. The van der Waals surface area contributed by atoms with E-state index < -0.39 is 5.54 Å². The number of allylic oxidation sites excluding steroid dienone is 1. The van der Waals surface area contributed by atoms with Crippen molar-refractivity contribution in [3.8, 4) is 0 Å². The molecule has 0 aliphatic heterocycles. The summed E-state index contributed by atoms with van der Waals surface area (Å²) in [5, 5.41) is 9.91. The Labute approximate surface area is 114 Å². The summed E-state index contributed by atoms with van der Waals surface area (Å²) < 4.78 is 1.82. The highest BCUT2D eigenvalue weighted by molar-refractivity contribution is 6.33. The minimum atomic E-state index is -0.501. The normalized spacial score (nSPS) is 21.8. The number of aliphatic hydroxyl groups is 1. The zero-order chi connectivity index (χ0) is 12.8. The SMILES string of the molecule is Nc1nc(Cl)c2ncn(C3(CO)C=CCC3)c2n1.O. The van der Waals surface area contributed by atoms with Gasteiger partial charge in [-0.2, -0.15) is 9.97 Å². The van der Waals surface area contributed by atoms with E-state index in [1.54, 1.807) is 6.33 Å². The second-order valence-corrected chi connectivity index (χ2v) is 4.72. The molecule has 0 fully saturated rings. The molecule has 19 heavy (non-hydrogen) atoms. The van der Waals surface area contributed by atoms with Crippen LogP contribution >= 0.6 is 11.6 Å². The molecular formula is C11H14ClN5O2. The molecule has 1 aliphatic rings. The van der Waals surface area contributed by atoms with Crippen molar-refractivity contribution < 1.29 is 10.6 Å². The quantitative estimate of drug-likeness (QED) is 0.605. The molecule has 0 amide bonds. The predicted molar refractivity (Wildman–Crippen MR) is 71.8 cm³/mol. The summed E-state index contributed by atoms with van der Waals surface area (Å²) in [5.41, 5.74) is 6.15. The van der Waals surface area contributed by atoms with Crippen LogP contribution in [0, 0.1) is 0 Å². The summed E-state index contributed by atoms with van der Waals surface area (Å²) in [5.74, 6) is 0.101. The van der Waals surface area contributed by atoms with Crippen molar-refractivity contribution in [3.63, 3.8) is 0 Å². The van der Waals surface area contributed by atoms with Crippen molar-refractivity contribution in [1.82, 2.24) is 19.5 Å². The molecule has 2 aromatic rings. The molecule has 1 unspecified atom stereocenters. The summed E-state index contributed by atoms with van der Waals surface area (Å²) in [6.45, 7) is -0.0174. The number of halogens is 1. The zero-order valence-electron chi connectivity index (χ0n) is 10.0. The van der Waals surface area contributed by atoms with Gasteiger partial charge in [0.1, 0.15) is 5.52 Å². The topological polar surface area (TPSA) is 121 Å². The molecule has 0 saturated heterocycles. The van der Waals surface area contributed by atoms with Crippen molar-refractivity contribution in [2.24, 2.45) is 0 Å². The number of anilines is 1. The number of rotatable bonds is 2. The van der Waals surface area contributed by atoms with Crippen LogP contribution in [0.5, 0.6) is 0 Å². The van der Waals surface area contributed by atoms with E-state index in [9.17, 15) is 5.11 Å². The number of hydrogen-bond donors (Lipinski definition) is 2. The summed E-state index contributed by atoms with van der Waals surface area (Å²) in [4.78, 5) is 12.2. The molecule has 0 spiro atoms. The van der Waals surface area contributed by atoms with Gasteiger partial charge >= 0.3 is 0 Å². The number of aliphatic hydroxyl groups excluding tert-OH is 1. The lowest BCUT2D eigenvalue weighted by Gasteiger charge is -2.26. The highest BCUT2D eigenvalue weighted by Crippen LogP contribution is 2.33. The van der Waals surface area contributed by atoms with E-state index in [2.05, 4.69) is 15.0 Å². The van der Waals surface area contributed by atoms with Gasteiger partial charge in [-0.25, -0.2) is 4.98 Å². The number of nitrogens with two attached hydrogens (primary N) is 1. The monoisotopic (exact) mass is 283 g/mol. The van der Waals surface area contributed by atoms with Gasteiger partial charge in [0.05, 0.1) is 18.5 Å². The van der Waals surface area contributed by atoms with Crippen LogP contribution in [0.15, 0.2) is 18.5 Å². The van der Waals surface area contributed by atoms with Crippen LogP contribution in [-0.4, -0.2) is 36.7 Å². The third-order valence-electron chi connectivity index (χ3n) is 3.30. The minimum absolute atomic E-state index is 0. The third kappa shape index (κ3) is 1.95.